The molecule has 0 radical (unpaired) electrons. The Kier molecular flexibility index (Phi) is 11.5. The first-order chi connectivity index (χ1) is 15.4. The van der Waals surface area contributed by atoms with Gasteiger partial charge >= 0.3 is 6.18 Å². The van der Waals surface area contributed by atoms with Crippen molar-refractivity contribution in [3.63, 3.8) is 0 Å². The Morgan fingerprint density at radius 1 is 1.21 bits per heavy atom. The number of benzene rings is 1. The molecule has 1 rings (SSSR count). The Balaban J connectivity index is 3.54. The Hall–Kier alpha value is -1.93. The van der Waals surface area contributed by atoms with Gasteiger partial charge in [-0.05, 0) is 68.0 Å². The molecule has 0 saturated carbocycles. The summed E-state index contributed by atoms with van der Waals surface area (Å²) in [5.74, 6) is 0.375. The highest BCUT2D eigenvalue weighted by Gasteiger charge is 2.57. The predicted octanol–water partition coefficient (Wildman–Crippen LogP) is 6.92. The van der Waals surface area contributed by atoms with E-state index in [1.165, 1.54) is 24.3 Å². The van der Waals surface area contributed by atoms with Crippen LogP contribution in [0.5, 0.6) is 0 Å². The summed E-state index contributed by atoms with van der Waals surface area (Å²) < 4.78 is 43.6. The van der Waals surface area contributed by atoms with Crippen LogP contribution in [0, 0.1) is 23.0 Å². The van der Waals surface area contributed by atoms with Crippen molar-refractivity contribution in [3.8, 4) is 0 Å². The second-order valence-corrected chi connectivity index (χ2v) is 8.95. The fraction of sp³-hybridized carbons (Fsp3) is 0.680. The normalized spacial score (nSPS) is 15.5. The SMILES string of the molecule is CCCC/C=C(\c1ccc([N+](=O)[O-])cc1C)C(O)(CN(CCC)CCC(C)CC)C(F)(F)F. The number of aliphatic hydroxyl groups is 1. The summed E-state index contributed by atoms with van der Waals surface area (Å²) in [5, 5.41) is 22.4. The van der Waals surface area contributed by atoms with Crippen molar-refractivity contribution in [1.29, 1.82) is 0 Å². The number of hydrogen-bond donors (Lipinski definition) is 1. The minimum Gasteiger partial charge on any atom is -0.375 e. The zero-order valence-electron chi connectivity index (χ0n) is 20.5. The number of non-ortho nitro benzene ring substituents is 1. The Morgan fingerprint density at radius 3 is 2.36 bits per heavy atom. The zero-order valence-corrected chi connectivity index (χ0v) is 20.5. The van der Waals surface area contributed by atoms with Gasteiger partial charge in [0.25, 0.3) is 5.69 Å². The van der Waals surface area contributed by atoms with Gasteiger partial charge in [0.2, 0.25) is 0 Å². The van der Waals surface area contributed by atoms with Crippen LogP contribution in [0.2, 0.25) is 0 Å². The minimum atomic E-state index is -4.92. The van der Waals surface area contributed by atoms with E-state index in [0.717, 1.165) is 19.3 Å². The predicted molar refractivity (Wildman–Crippen MR) is 127 cm³/mol. The number of nitro benzene ring substituents is 1. The van der Waals surface area contributed by atoms with E-state index < -0.39 is 23.2 Å². The van der Waals surface area contributed by atoms with E-state index in [0.29, 0.717) is 43.8 Å². The van der Waals surface area contributed by atoms with E-state index in [2.05, 4.69) is 6.92 Å². The fourth-order valence-corrected chi connectivity index (χ4v) is 3.86. The number of hydrogen-bond acceptors (Lipinski definition) is 4. The summed E-state index contributed by atoms with van der Waals surface area (Å²) in [6, 6.07) is 3.78. The lowest BCUT2D eigenvalue weighted by atomic mass is 9.83. The molecule has 8 heteroatoms. The van der Waals surface area contributed by atoms with Crippen molar-refractivity contribution in [2.24, 2.45) is 5.92 Å². The van der Waals surface area contributed by atoms with Crippen LogP contribution < -0.4 is 0 Å². The van der Waals surface area contributed by atoms with Crippen LogP contribution in [0.1, 0.15) is 77.3 Å². The molecule has 1 aromatic rings. The third-order valence-corrected chi connectivity index (χ3v) is 6.16. The van der Waals surface area contributed by atoms with Gasteiger partial charge in [-0.2, -0.15) is 13.2 Å². The summed E-state index contributed by atoms with van der Waals surface area (Å²) in [7, 11) is 0. The summed E-state index contributed by atoms with van der Waals surface area (Å²) >= 11 is 0. The summed E-state index contributed by atoms with van der Waals surface area (Å²) in [6.07, 6.45) is 0.747. The highest BCUT2D eigenvalue weighted by Crippen LogP contribution is 2.43. The van der Waals surface area contributed by atoms with Crippen molar-refractivity contribution < 1.29 is 23.2 Å². The van der Waals surface area contributed by atoms with Crippen LogP contribution in [0.3, 0.4) is 0 Å². The van der Waals surface area contributed by atoms with Crippen LogP contribution in [-0.4, -0.2) is 46.3 Å². The van der Waals surface area contributed by atoms with E-state index in [9.17, 15) is 28.4 Å². The topological polar surface area (TPSA) is 66.6 Å². The Labute approximate surface area is 195 Å². The van der Waals surface area contributed by atoms with Gasteiger partial charge in [0, 0.05) is 18.7 Å². The monoisotopic (exact) mass is 472 g/mol. The highest BCUT2D eigenvalue weighted by molar-refractivity contribution is 5.76. The molecule has 0 amide bonds. The standard InChI is InChI=1S/C25H39F3N2O3/c1-6-9-10-11-23(22-13-12-21(30(32)33)17-20(22)5)24(31,25(26,27)28)18-29(15-7-2)16-14-19(4)8-3/h11-13,17,19,31H,6-10,14-16,18H2,1-5H3/b23-11+. The van der Waals surface area contributed by atoms with Gasteiger partial charge in [-0.1, -0.05) is 53.0 Å². The van der Waals surface area contributed by atoms with Crippen LogP contribution in [0.15, 0.2) is 24.3 Å². The molecule has 33 heavy (non-hydrogen) atoms. The van der Waals surface area contributed by atoms with Gasteiger partial charge in [-0.3, -0.25) is 15.0 Å². The van der Waals surface area contributed by atoms with Gasteiger partial charge in [0.05, 0.1) is 4.92 Å². The third-order valence-electron chi connectivity index (χ3n) is 6.16. The van der Waals surface area contributed by atoms with E-state index in [-0.39, 0.29) is 16.8 Å². The number of allylic oxidation sites excluding steroid dienone is 1. The molecule has 5 nitrogen and oxygen atoms in total. The van der Waals surface area contributed by atoms with Crippen LogP contribution in [0.25, 0.3) is 5.57 Å². The average molecular weight is 473 g/mol. The van der Waals surface area contributed by atoms with E-state index in [4.69, 9.17) is 0 Å². The third kappa shape index (κ3) is 8.10. The van der Waals surface area contributed by atoms with E-state index >= 15 is 0 Å². The maximum absolute atomic E-state index is 14.5. The molecule has 0 bridgehead atoms. The smallest absolute Gasteiger partial charge is 0.375 e. The molecule has 2 atom stereocenters. The van der Waals surface area contributed by atoms with Crippen molar-refractivity contribution in [2.45, 2.75) is 84.9 Å². The maximum atomic E-state index is 14.5. The van der Waals surface area contributed by atoms with Gasteiger partial charge in [-0.15, -0.1) is 0 Å². The van der Waals surface area contributed by atoms with Gasteiger partial charge in [0.1, 0.15) is 0 Å². The first kappa shape index (κ1) is 29.1. The quantitative estimate of drug-likeness (QED) is 0.181. The summed E-state index contributed by atoms with van der Waals surface area (Å²) in [6.45, 7) is 9.83. The second-order valence-electron chi connectivity index (χ2n) is 8.95. The highest BCUT2D eigenvalue weighted by atomic mass is 19.4. The Morgan fingerprint density at radius 2 is 1.88 bits per heavy atom. The van der Waals surface area contributed by atoms with E-state index in [1.807, 2.05) is 20.8 Å². The minimum absolute atomic E-state index is 0.190. The lowest BCUT2D eigenvalue weighted by Gasteiger charge is -2.38. The molecule has 0 fully saturated rings. The fourth-order valence-electron chi connectivity index (χ4n) is 3.86. The molecule has 0 heterocycles. The second kappa shape index (κ2) is 13.1. The van der Waals surface area contributed by atoms with Crippen molar-refractivity contribution >= 4 is 11.3 Å². The summed E-state index contributed by atoms with van der Waals surface area (Å²) in [5.41, 5.74) is -2.99. The first-order valence-corrected chi connectivity index (χ1v) is 11.9. The van der Waals surface area contributed by atoms with Crippen LogP contribution in [-0.2, 0) is 0 Å². The largest absolute Gasteiger partial charge is 0.422 e. The molecule has 0 aliphatic carbocycles. The molecule has 0 aromatic heterocycles. The molecule has 0 saturated heterocycles. The van der Waals surface area contributed by atoms with Crippen molar-refractivity contribution in [3.05, 3.63) is 45.5 Å². The first-order valence-electron chi connectivity index (χ1n) is 11.9. The lowest BCUT2D eigenvalue weighted by molar-refractivity contribution is -0.384. The number of rotatable bonds is 14. The number of nitrogens with zero attached hydrogens (tertiary/aromatic N) is 2. The van der Waals surface area contributed by atoms with Gasteiger partial charge in [0.15, 0.2) is 5.60 Å². The molecule has 0 aliphatic rings. The number of nitro groups is 1. The van der Waals surface area contributed by atoms with Crippen LogP contribution >= 0.6 is 0 Å². The molecule has 0 spiro atoms. The van der Waals surface area contributed by atoms with Gasteiger partial charge < -0.3 is 5.11 Å². The molecule has 188 valence electrons. The number of aryl methyl sites for hydroxylation is 1. The number of halogens is 3. The summed E-state index contributed by atoms with van der Waals surface area (Å²) in [4.78, 5) is 12.2. The number of unbranched alkanes of at least 4 members (excludes halogenated alkanes) is 2. The van der Waals surface area contributed by atoms with Gasteiger partial charge in [-0.25, -0.2) is 0 Å². The zero-order chi connectivity index (χ0) is 25.2. The molecule has 0 aliphatic heterocycles. The lowest BCUT2D eigenvalue weighted by Crippen LogP contribution is -2.55. The molecule has 2 unspecified atom stereocenters. The maximum Gasteiger partial charge on any atom is 0.422 e. The number of alkyl halides is 3. The Bertz CT molecular complexity index is 796. The van der Waals surface area contributed by atoms with Crippen LogP contribution in [0.4, 0.5) is 18.9 Å². The van der Waals surface area contributed by atoms with Crippen molar-refractivity contribution in [1.82, 2.24) is 4.90 Å². The molecular weight excluding hydrogens is 433 g/mol. The molecular formula is C25H39F3N2O3. The molecule has 1 N–H and O–H groups in total. The van der Waals surface area contributed by atoms with E-state index in [1.54, 1.807) is 11.8 Å². The molecule has 1 aromatic carbocycles. The van der Waals surface area contributed by atoms with Crippen molar-refractivity contribution in [2.75, 3.05) is 19.6 Å². The average Bonchev–Trinajstić information content (AvgIpc) is 2.74.